The largest absolute Gasteiger partial charge is 0.462 e. The second kappa shape index (κ2) is 6.31. The molecule has 3 saturated carbocycles. The van der Waals surface area contributed by atoms with Crippen molar-refractivity contribution in [3.8, 4) is 0 Å². The first-order valence-corrected chi connectivity index (χ1v) is 9.69. The van der Waals surface area contributed by atoms with Gasteiger partial charge in [-0.25, -0.2) is 0 Å². The molecule has 0 aromatic heterocycles. The van der Waals surface area contributed by atoms with Crippen LogP contribution in [-0.2, 0) is 28.6 Å². The van der Waals surface area contributed by atoms with Gasteiger partial charge in [-0.1, -0.05) is 27.4 Å². The van der Waals surface area contributed by atoms with Crippen molar-refractivity contribution in [1.29, 1.82) is 0 Å². The minimum atomic E-state index is -1.40. The third kappa shape index (κ3) is 2.70. The van der Waals surface area contributed by atoms with Gasteiger partial charge in [-0.2, -0.15) is 0 Å². The zero-order valence-electron chi connectivity index (χ0n) is 17.4. The molecule has 0 heterocycles. The lowest BCUT2D eigenvalue weighted by Gasteiger charge is -2.42. The van der Waals surface area contributed by atoms with Gasteiger partial charge in [-0.15, -0.1) is 0 Å². The number of aliphatic hydroxyl groups is 1. The Bertz CT molecular complexity index is 741. The number of esters is 3. The van der Waals surface area contributed by atoms with Crippen LogP contribution in [0.25, 0.3) is 0 Å². The zero-order valence-corrected chi connectivity index (χ0v) is 17.4. The summed E-state index contributed by atoms with van der Waals surface area (Å²) in [6, 6.07) is 0. The molecule has 0 saturated heterocycles. The van der Waals surface area contributed by atoms with E-state index in [4.69, 9.17) is 14.2 Å². The molecule has 156 valence electrons. The SMILES string of the molecule is C=C1[C@@H](OC(C)=O)C[C@@H]2[C@H](OC(C)=O)[C@]3(C)C[C@@H](OC(C)=O)C(C)(C)[C@@H]3[C@@]12O. The van der Waals surface area contributed by atoms with Crippen molar-refractivity contribution in [2.75, 3.05) is 0 Å². The first-order chi connectivity index (χ1) is 12.8. The number of carbonyl (C=O) groups excluding carboxylic acids is 3. The molecule has 0 bridgehead atoms. The van der Waals surface area contributed by atoms with Gasteiger partial charge in [0, 0.05) is 43.4 Å². The first kappa shape index (κ1) is 20.8. The molecule has 7 atom stereocenters. The van der Waals surface area contributed by atoms with Crippen LogP contribution in [0.3, 0.4) is 0 Å². The van der Waals surface area contributed by atoms with Gasteiger partial charge in [0.15, 0.2) is 0 Å². The fourth-order valence-corrected chi connectivity index (χ4v) is 6.54. The van der Waals surface area contributed by atoms with Crippen LogP contribution in [0.5, 0.6) is 0 Å². The van der Waals surface area contributed by atoms with E-state index < -0.39 is 58.6 Å². The van der Waals surface area contributed by atoms with Gasteiger partial charge < -0.3 is 19.3 Å². The lowest BCUT2D eigenvalue weighted by molar-refractivity contribution is -0.160. The molecule has 7 heteroatoms. The minimum Gasteiger partial charge on any atom is -0.462 e. The van der Waals surface area contributed by atoms with E-state index in [2.05, 4.69) is 6.58 Å². The van der Waals surface area contributed by atoms with Gasteiger partial charge in [0.25, 0.3) is 0 Å². The van der Waals surface area contributed by atoms with E-state index in [1.165, 1.54) is 20.8 Å². The average Bonchev–Trinajstić information content (AvgIpc) is 2.94. The normalized spacial score (nSPS) is 43.2. The van der Waals surface area contributed by atoms with E-state index in [1.54, 1.807) is 0 Å². The van der Waals surface area contributed by atoms with E-state index in [0.29, 0.717) is 18.4 Å². The van der Waals surface area contributed by atoms with Crippen molar-refractivity contribution in [3.63, 3.8) is 0 Å². The molecule has 0 aromatic rings. The molecule has 0 unspecified atom stereocenters. The van der Waals surface area contributed by atoms with Crippen molar-refractivity contribution in [3.05, 3.63) is 12.2 Å². The summed E-state index contributed by atoms with van der Waals surface area (Å²) in [5.41, 5.74) is -2.18. The molecule has 3 rings (SSSR count). The van der Waals surface area contributed by atoms with E-state index in [-0.39, 0.29) is 5.92 Å². The molecular weight excluding hydrogens is 364 g/mol. The zero-order chi connectivity index (χ0) is 21.2. The smallest absolute Gasteiger partial charge is 0.303 e. The summed E-state index contributed by atoms with van der Waals surface area (Å²) in [7, 11) is 0. The third-order valence-corrected chi connectivity index (χ3v) is 7.16. The molecule has 1 N–H and O–H groups in total. The number of ether oxygens (including phenoxy) is 3. The maximum atomic E-state index is 12.0. The molecule has 0 radical (unpaired) electrons. The summed E-state index contributed by atoms with van der Waals surface area (Å²) >= 11 is 0. The highest BCUT2D eigenvalue weighted by Crippen LogP contribution is 2.72. The highest BCUT2D eigenvalue weighted by molar-refractivity contribution is 5.68. The molecule has 28 heavy (non-hydrogen) atoms. The second-order valence-corrected chi connectivity index (χ2v) is 9.38. The fourth-order valence-electron chi connectivity index (χ4n) is 6.54. The van der Waals surface area contributed by atoms with Gasteiger partial charge in [-0.05, 0) is 18.4 Å². The van der Waals surface area contributed by atoms with Crippen molar-refractivity contribution >= 4 is 17.9 Å². The summed E-state index contributed by atoms with van der Waals surface area (Å²) < 4.78 is 16.7. The Morgan fingerprint density at radius 1 is 1.00 bits per heavy atom. The minimum absolute atomic E-state index is 0.341. The van der Waals surface area contributed by atoms with Crippen molar-refractivity contribution in [1.82, 2.24) is 0 Å². The molecule has 0 aliphatic heterocycles. The lowest BCUT2D eigenvalue weighted by atomic mass is 9.65. The Kier molecular flexibility index (Phi) is 4.69. The topological polar surface area (TPSA) is 99.1 Å². The Hall–Kier alpha value is -1.89. The molecule has 3 aliphatic carbocycles. The predicted molar refractivity (Wildman–Crippen MR) is 98.9 cm³/mol. The third-order valence-electron chi connectivity index (χ3n) is 7.16. The van der Waals surface area contributed by atoms with Crippen LogP contribution in [0.2, 0.25) is 0 Å². The molecule has 3 aliphatic rings. The van der Waals surface area contributed by atoms with Crippen LogP contribution >= 0.6 is 0 Å². The van der Waals surface area contributed by atoms with Gasteiger partial charge in [0.1, 0.15) is 18.3 Å². The summed E-state index contributed by atoms with van der Waals surface area (Å²) in [6.45, 7) is 14.0. The van der Waals surface area contributed by atoms with Crippen molar-refractivity contribution in [2.45, 2.75) is 78.3 Å². The number of fused-ring (bicyclic) bond motifs is 3. The van der Waals surface area contributed by atoms with Crippen LogP contribution in [0.4, 0.5) is 0 Å². The Morgan fingerprint density at radius 3 is 2.04 bits per heavy atom. The van der Waals surface area contributed by atoms with Crippen molar-refractivity contribution < 1.29 is 33.7 Å². The second-order valence-electron chi connectivity index (χ2n) is 9.38. The molecule has 0 amide bonds. The predicted octanol–water partition coefficient (Wildman–Crippen LogP) is 2.15. The monoisotopic (exact) mass is 394 g/mol. The van der Waals surface area contributed by atoms with E-state index in [9.17, 15) is 19.5 Å². The Labute approximate surface area is 165 Å². The number of hydrogen-bond acceptors (Lipinski definition) is 7. The number of carbonyl (C=O) groups is 3. The van der Waals surface area contributed by atoms with E-state index >= 15 is 0 Å². The molecule has 7 nitrogen and oxygen atoms in total. The highest BCUT2D eigenvalue weighted by atomic mass is 16.6. The Morgan fingerprint density at radius 2 is 1.54 bits per heavy atom. The van der Waals surface area contributed by atoms with E-state index in [0.717, 1.165) is 0 Å². The molecule has 0 aromatic carbocycles. The Balaban J connectivity index is 2.10. The lowest BCUT2D eigenvalue weighted by Crippen LogP contribution is -2.48. The summed E-state index contributed by atoms with van der Waals surface area (Å²) in [6.07, 6.45) is -0.876. The fraction of sp³-hybridized carbons (Fsp3) is 0.762. The quantitative estimate of drug-likeness (QED) is 0.445. The van der Waals surface area contributed by atoms with Crippen LogP contribution < -0.4 is 0 Å². The number of hydrogen-bond donors (Lipinski definition) is 1. The summed E-state index contributed by atoms with van der Waals surface area (Å²) in [5.74, 6) is -2.12. The van der Waals surface area contributed by atoms with E-state index in [1.807, 2.05) is 20.8 Å². The molecule has 0 spiro atoms. The van der Waals surface area contributed by atoms with Crippen LogP contribution in [0.1, 0.15) is 54.4 Å². The van der Waals surface area contributed by atoms with Gasteiger partial charge in [0.2, 0.25) is 0 Å². The summed E-state index contributed by atoms with van der Waals surface area (Å²) in [4.78, 5) is 35.1. The standard InChI is InChI=1S/C21H30O7/c1-10-15(26-11(2)22)8-14-17(28-13(4)24)20(7)9-16(27-12(3)23)19(5,6)18(20)21(10,14)25/h14-18,25H,1,8-9H2,2-7H3/t14-,15+,16-,17+,18+,20+,21-/m1/s1. The van der Waals surface area contributed by atoms with Crippen molar-refractivity contribution in [2.24, 2.45) is 22.7 Å². The maximum Gasteiger partial charge on any atom is 0.303 e. The highest BCUT2D eigenvalue weighted by Gasteiger charge is 2.78. The van der Waals surface area contributed by atoms with Gasteiger partial charge >= 0.3 is 17.9 Å². The number of rotatable bonds is 3. The molecular formula is C21H30O7. The maximum absolute atomic E-state index is 12.0. The van der Waals surface area contributed by atoms with Crippen LogP contribution in [-0.4, -0.2) is 46.9 Å². The molecule has 3 fully saturated rings. The van der Waals surface area contributed by atoms with Crippen LogP contribution in [0, 0.1) is 22.7 Å². The summed E-state index contributed by atoms with van der Waals surface area (Å²) in [5, 5.41) is 12.0. The van der Waals surface area contributed by atoms with Crippen LogP contribution in [0.15, 0.2) is 12.2 Å². The first-order valence-electron chi connectivity index (χ1n) is 9.69. The van der Waals surface area contributed by atoms with Gasteiger partial charge in [0.05, 0.1) is 5.60 Å². The van der Waals surface area contributed by atoms with Gasteiger partial charge in [-0.3, -0.25) is 14.4 Å². The average molecular weight is 394 g/mol.